The van der Waals surface area contributed by atoms with E-state index in [2.05, 4.69) is 0 Å². The molecule has 126 valence electrons. The molecular weight excluding hydrogens is 320 g/mol. The Bertz CT molecular complexity index is 899. The molecule has 0 amide bonds. The number of nitrogens with zero attached hydrogens (tertiary/aromatic N) is 2. The van der Waals surface area contributed by atoms with Gasteiger partial charge in [0, 0.05) is 23.5 Å². The molecule has 1 aromatic heterocycles. The summed E-state index contributed by atoms with van der Waals surface area (Å²) in [5.41, 5.74) is 3.52. The van der Waals surface area contributed by atoms with Crippen molar-refractivity contribution in [3.05, 3.63) is 82.5 Å². The van der Waals surface area contributed by atoms with Gasteiger partial charge in [-0.3, -0.25) is 14.9 Å². The van der Waals surface area contributed by atoms with Crippen LogP contribution >= 0.6 is 0 Å². The van der Waals surface area contributed by atoms with E-state index in [1.165, 1.54) is 12.1 Å². The Balaban J connectivity index is 2.08. The molecule has 0 saturated heterocycles. The van der Waals surface area contributed by atoms with Crippen LogP contribution in [0.1, 0.15) is 12.1 Å². The van der Waals surface area contributed by atoms with Gasteiger partial charge in [0.05, 0.1) is 17.0 Å². The standard InChI is InChI=1S/C19H16N2O4/c22-19(23)13-11-16-10-12-18(14-4-2-1-3-5-14)20(16)15-6-8-17(9-7-15)21(24)25/h1-10,12H,11,13H2,(H,22,23). The van der Waals surface area contributed by atoms with E-state index in [1.807, 2.05) is 47.0 Å². The lowest BCUT2D eigenvalue weighted by Crippen LogP contribution is -2.05. The van der Waals surface area contributed by atoms with Crippen LogP contribution in [0.25, 0.3) is 16.9 Å². The summed E-state index contributed by atoms with van der Waals surface area (Å²) in [6.07, 6.45) is 0.393. The summed E-state index contributed by atoms with van der Waals surface area (Å²) in [7, 11) is 0. The largest absolute Gasteiger partial charge is 0.481 e. The van der Waals surface area contributed by atoms with Crippen LogP contribution in [0, 0.1) is 10.1 Å². The molecule has 1 heterocycles. The molecule has 3 aromatic rings. The third-order valence-corrected chi connectivity index (χ3v) is 3.94. The van der Waals surface area contributed by atoms with Crippen molar-refractivity contribution in [2.45, 2.75) is 12.8 Å². The highest BCUT2D eigenvalue weighted by atomic mass is 16.6. The number of carboxylic acid groups (broad SMARTS) is 1. The molecule has 6 heteroatoms. The molecule has 1 N–H and O–H groups in total. The molecule has 0 unspecified atom stereocenters. The molecule has 0 aliphatic rings. The predicted octanol–water partition coefficient (Wildman–Crippen LogP) is 4.07. The molecule has 0 saturated carbocycles. The Morgan fingerprint density at radius 2 is 1.68 bits per heavy atom. The maximum atomic E-state index is 10.9. The lowest BCUT2D eigenvalue weighted by molar-refractivity contribution is -0.384. The van der Waals surface area contributed by atoms with Gasteiger partial charge in [-0.25, -0.2) is 0 Å². The first-order valence-electron chi connectivity index (χ1n) is 7.79. The third kappa shape index (κ3) is 3.58. The van der Waals surface area contributed by atoms with Gasteiger partial charge in [0.15, 0.2) is 0 Å². The van der Waals surface area contributed by atoms with Crippen molar-refractivity contribution in [1.29, 1.82) is 0 Å². The van der Waals surface area contributed by atoms with Crippen LogP contribution < -0.4 is 0 Å². The number of aryl methyl sites for hydroxylation is 1. The zero-order valence-electron chi connectivity index (χ0n) is 13.3. The minimum atomic E-state index is -0.863. The van der Waals surface area contributed by atoms with Crippen LogP contribution in [-0.4, -0.2) is 20.6 Å². The number of hydrogen-bond donors (Lipinski definition) is 1. The van der Waals surface area contributed by atoms with E-state index < -0.39 is 10.9 Å². The Kier molecular flexibility index (Phi) is 4.61. The van der Waals surface area contributed by atoms with Gasteiger partial charge >= 0.3 is 5.97 Å². The molecule has 0 radical (unpaired) electrons. The minimum Gasteiger partial charge on any atom is -0.481 e. The Morgan fingerprint density at radius 1 is 1.00 bits per heavy atom. The summed E-state index contributed by atoms with van der Waals surface area (Å²) in [6, 6.07) is 19.8. The fourth-order valence-electron chi connectivity index (χ4n) is 2.77. The van der Waals surface area contributed by atoms with E-state index in [0.29, 0.717) is 6.42 Å². The van der Waals surface area contributed by atoms with E-state index in [0.717, 1.165) is 22.6 Å². The molecule has 0 bridgehead atoms. The van der Waals surface area contributed by atoms with Gasteiger partial charge in [0.2, 0.25) is 0 Å². The van der Waals surface area contributed by atoms with Crippen LogP contribution in [0.5, 0.6) is 0 Å². The second-order valence-electron chi connectivity index (χ2n) is 5.58. The van der Waals surface area contributed by atoms with Gasteiger partial charge in [-0.05, 0) is 36.2 Å². The summed E-state index contributed by atoms with van der Waals surface area (Å²) in [6.45, 7) is 0. The highest BCUT2D eigenvalue weighted by molar-refractivity contribution is 5.68. The van der Waals surface area contributed by atoms with Crippen molar-refractivity contribution in [2.75, 3.05) is 0 Å². The molecule has 6 nitrogen and oxygen atoms in total. The van der Waals surface area contributed by atoms with Crippen molar-refractivity contribution < 1.29 is 14.8 Å². The van der Waals surface area contributed by atoms with Crippen molar-refractivity contribution in [3.63, 3.8) is 0 Å². The lowest BCUT2D eigenvalue weighted by Gasteiger charge is -2.13. The number of aliphatic carboxylic acids is 1. The summed E-state index contributed by atoms with van der Waals surface area (Å²) < 4.78 is 1.95. The van der Waals surface area contributed by atoms with Crippen molar-refractivity contribution in [1.82, 2.24) is 4.57 Å². The smallest absolute Gasteiger partial charge is 0.303 e. The predicted molar refractivity (Wildman–Crippen MR) is 93.8 cm³/mol. The normalized spacial score (nSPS) is 10.6. The lowest BCUT2D eigenvalue weighted by atomic mass is 10.1. The molecule has 0 spiro atoms. The summed E-state index contributed by atoms with van der Waals surface area (Å²) >= 11 is 0. The maximum Gasteiger partial charge on any atom is 0.303 e. The number of carboxylic acids is 1. The van der Waals surface area contributed by atoms with E-state index in [4.69, 9.17) is 5.11 Å². The first kappa shape index (κ1) is 16.4. The number of carbonyl (C=O) groups is 1. The van der Waals surface area contributed by atoms with Crippen molar-refractivity contribution in [3.8, 4) is 16.9 Å². The van der Waals surface area contributed by atoms with E-state index in [9.17, 15) is 14.9 Å². The molecule has 0 aliphatic heterocycles. The van der Waals surface area contributed by atoms with Crippen LogP contribution in [0.4, 0.5) is 5.69 Å². The average Bonchev–Trinajstić information content (AvgIpc) is 3.04. The highest BCUT2D eigenvalue weighted by Gasteiger charge is 2.14. The second-order valence-corrected chi connectivity index (χ2v) is 5.58. The number of hydrogen-bond acceptors (Lipinski definition) is 3. The molecule has 25 heavy (non-hydrogen) atoms. The van der Waals surface area contributed by atoms with E-state index in [-0.39, 0.29) is 12.1 Å². The van der Waals surface area contributed by atoms with Gasteiger partial charge in [0.1, 0.15) is 0 Å². The van der Waals surface area contributed by atoms with Gasteiger partial charge in [-0.2, -0.15) is 0 Å². The second kappa shape index (κ2) is 7.00. The van der Waals surface area contributed by atoms with Gasteiger partial charge < -0.3 is 9.67 Å². The molecular formula is C19H16N2O4. The zero-order valence-corrected chi connectivity index (χ0v) is 13.3. The van der Waals surface area contributed by atoms with E-state index >= 15 is 0 Å². The van der Waals surface area contributed by atoms with Crippen LogP contribution in [-0.2, 0) is 11.2 Å². The molecule has 3 rings (SSSR count). The third-order valence-electron chi connectivity index (χ3n) is 3.94. The van der Waals surface area contributed by atoms with Crippen molar-refractivity contribution in [2.24, 2.45) is 0 Å². The minimum absolute atomic E-state index is 0.0178. The fourth-order valence-corrected chi connectivity index (χ4v) is 2.77. The van der Waals surface area contributed by atoms with E-state index in [1.54, 1.807) is 12.1 Å². The molecule has 2 aromatic carbocycles. The first-order valence-corrected chi connectivity index (χ1v) is 7.79. The van der Waals surface area contributed by atoms with Gasteiger partial charge in [-0.15, -0.1) is 0 Å². The fraction of sp³-hybridized carbons (Fsp3) is 0.105. The number of benzene rings is 2. The average molecular weight is 336 g/mol. The summed E-state index contributed by atoms with van der Waals surface area (Å²) in [5, 5.41) is 19.8. The van der Waals surface area contributed by atoms with Crippen molar-refractivity contribution >= 4 is 11.7 Å². The molecule has 0 aliphatic carbocycles. The Labute approximate surface area is 144 Å². The van der Waals surface area contributed by atoms with Crippen LogP contribution in [0.3, 0.4) is 0 Å². The molecule has 0 fully saturated rings. The maximum absolute atomic E-state index is 10.9. The topological polar surface area (TPSA) is 85.4 Å². The number of nitro benzene ring substituents is 1. The number of non-ortho nitro benzene ring substituents is 1. The summed E-state index contributed by atoms with van der Waals surface area (Å²) in [4.78, 5) is 21.4. The zero-order chi connectivity index (χ0) is 17.8. The number of aromatic nitrogens is 1. The van der Waals surface area contributed by atoms with Crippen LogP contribution in [0.2, 0.25) is 0 Å². The van der Waals surface area contributed by atoms with Crippen LogP contribution in [0.15, 0.2) is 66.7 Å². The highest BCUT2D eigenvalue weighted by Crippen LogP contribution is 2.28. The summed E-state index contributed by atoms with van der Waals surface area (Å²) in [5.74, 6) is -0.863. The Morgan fingerprint density at radius 3 is 2.28 bits per heavy atom. The Hall–Kier alpha value is -3.41. The SMILES string of the molecule is O=C(O)CCc1ccc(-c2ccccc2)n1-c1ccc([N+](=O)[O-])cc1. The first-order chi connectivity index (χ1) is 12.1. The van der Waals surface area contributed by atoms with Gasteiger partial charge in [0.25, 0.3) is 5.69 Å². The quantitative estimate of drug-likeness (QED) is 0.543. The number of nitro groups is 1. The monoisotopic (exact) mass is 336 g/mol. The van der Waals surface area contributed by atoms with Gasteiger partial charge in [-0.1, -0.05) is 30.3 Å². The number of rotatable bonds is 6. The molecule has 0 atom stereocenters.